The van der Waals surface area contributed by atoms with Crippen LogP contribution < -0.4 is 23.7 Å². The average molecular weight is 1980 g/mol. The van der Waals surface area contributed by atoms with E-state index in [9.17, 15) is 99.0 Å². The van der Waals surface area contributed by atoms with Gasteiger partial charge in [0.2, 0.25) is 0 Å². The summed E-state index contributed by atoms with van der Waals surface area (Å²) in [6.45, 7) is 13.9. The molecule has 140 heavy (non-hydrogen) atoms. The van der Waals surface area contributed by atoms with Crippen LogP contribution in [-0.2, 0) is 66.9 Å². The summed E-state index contributed by atoms with van der Waals surface area (Å²) in [6, 6.07) is 33.3. The molecule has 0 N–H and O–H groups in total. The Kier molecular flexibility index (Phi) is 29.8. The number of nitrogens with zero attached hydrogens (tertiary/aromatic N) is 13. The normalized spacial score (nSPS) is 20.1. The molecule has 41 heteroatoms. The summed E-state index contributed by atoms with van der Waals surface area (Å²) < 4.78 is 262. The van der Waals surface area contributed by atoms with Crippen molar-refractivity contribution in [1.82, 2.24) is 62.5 Å². The van der Waals surface area contributed by atoms with Gasteiger partial charge in [-0.1, -0.05) is 31.2 Å². The van der Waals surface area contributed by atoms with E-state index in [0.29, 0.717) is 159 Å². The molecular weight excluding hydrogens is 1870 g/mol. The Bertz CT molecular complexity index is 6040. The molecule has 5 aromatic heterocycles. The number of piperidine rings is 4. The summed E-state index contributed by atoms with van der Waals surface area (Å²) in [5.41, 5.74) is -2.07. The Morgan fingerprint density at radius 1 is 0.429 bits per heavy atom. The number of halogens is 17. The zero-order chi connectivity index (χ0) is 102. The maximum Gasteiger partial charge on any atom is 0.456 e. The molecule has 8 aliphatic heterocycles. The number of methoxy groups -OCH3 is 3. The minimum absolute atomic E-state index is 0. The molecule has 0 saturated carbocycles. The standard InChI is InChI=1S/C26H24F4N4O2.C25H32F3N3O3.C24H25F6N3O3.C24H29F4N3O3.H2/c1-32-14-15-34-21(23(35)26(28,29)30)8-9-22(34)25(32)10-12-33(13-11-25)24(36)20-7-6-17(16-31-20)18-4-2-3-5-19(18)27;1-5-17(2)34-19-7-6-18(16-20(19)33-4)23(32)30-12-10-24(11-13-30)21-8-9-22(25(26,27)28)31(21)15-14-29(24)3;1-14-13-33-17(20(34)24(28,29)30)5-7-19(33)22(31(14)2)8-10-32(11-9-22)21(35)15-4-6-18(36-3)16(12-15)23(25,26)27;1-15(2)34-17-6-5-16(13-18(17)33-4)22(32)30-10-9-23(19(25)14-30)20-7-8-21(24(26,27)28)31(20)12-11-29(23)3;/h2-9,16H,10-15H2,1H3;6-9,16-17H,5,10-15H2,1-4H3;4-7,12,14H,8-11,13H2,1-3H3;5-8,13,15,19H,9-12,14H2,1-4H3;1H/t;17-;14-;19-,23+;/m.101./s1. The van der Waals surface area contributed by atoms with Gasteiger partial charge in [-0.05, 0) is 223 Å². The lowest BCUT2D eigenvalue weighted by atomic mass is 9.79. The highest BCUT2D eigenvalue weighted by Gasteiger charge is 2.57. The van der Waals surface area contributed by atoms with Crippen LogP contribution in [0.5, 0.6) is 28.7 Å². The quantitative estimate of drug-likeness (QED) is 0.0691. The predicted octanol–water partition coefficient (Wildman–Crippen LogP) is 18.6. The van der Waals surface area contributed by atoms with Crippen molar-refractivity contribution in [2.45, 2.75) is 190 Å². The SMILES string of the molecule is CC[C@@H](C)Oc1ccc(C(=O)N2CCC3(CC2)c2ccc(C(F)(F)F)n2CCN3C)cc1OC.CN1CCn2c(C(=O)C(F)(F)F)ccc2C12CCN(C(=O)c1ccc(-c3ccccc3F)cn1)CC2.COc1cc(C(=O)N2CC[C@@]3(c4ccc(C(F)(F)F)n4CCN3C)[C@H](F)C2)ccc1OC(C)C.COc1ccc(C(=O)N2CCC3(CC2)c2ccc(C(=O)C(F)(F)F)n2C[C@H](C)N3C)cc1C(F)(F)F.[HH]. The lowest BCUT2D eigenvalue weighted by molar-refractivity contribution is -0.146. The first kappa shape index (κ1) is 104. The number of likely N-dealkylation sites (N-methyl/N-ethyl adjacent to an activating group) is 4. The molecule has 0 unspecified atom stereocenters. The molecule has 13 heterocycles. The van der Waals surface area contributed by atoms with Gasteiger partial charge >= 0.3 is 30.9 Å². The summed E-state index contributed by atoms with van der Waals surface area (Å²) in [7, 11) is 11.6. The van der Waals surface area contributed by atoms with Crippen molar-refractivity contribution >= 4 is 35.2 Å². The van der Waals surface area contributed by atoms with Crippen molar-refractivity contribution in [2.24, 2.45) is 0 Å². The van der Waals surface area contributed by atoms with Crippen LogP contribution in [0.1, 0.15) is 190 Å². The molecule has 4 atom stereocenters. The van der Waals surface area contributed by atoms with E-state index < -0.39 is 99.3 Å². The first-order valence-corrected chi connectivity index (χ1v) is 45.9. The number of fused-ring (bicyclic) bond motifs is 8. The lowest BCUT2D eigenvalue weighted by Gasteiger charge is -2.53. The zero-order valence-corrected chi connectivity index (χ0v) is 79.2. The smallest absolute Gasteiger partial charge is 0.456 e. The molecule has 24 nitrogen and oxygen atoms in total. The fourth-order valence-electron chi connectivity index (χ4n) is 20.9. The van der Waals surface area contributed by atoms with E-state index in [4.69, 9.17) is 23.7 Å². The summed E-state index contributed by atoms with van der Waals surface area (Å²) in [4.78, 5) is 95.2. The number of Topliss-reactive ketones (excluding diaryl/α,β-unsaturated/α-hetero) is 2. The van der Waals surface area contributed by atoms with Crippen molar-refractivity contribution in [2.75, 3.05) is 122 Å². The molecule has 758 valence electrons. The predicted molar refractivity (Wildman–Crippen MR) is 483 cm³/mol. The van der Waals surface area contributed by atoms with E-state index in [1.54, 1.807) is 108 Å². The summed E-state index contributed by atoms with van der Waals surface area (Å²) in [6.07, 6.45) is -19.8. The first-order valence-electron chi connectivity index (χ1n) is 45.9. The van der Waals surface area contributed by atoms with Crippen molar-refractivity contribution < 1.29 is 129 Å². The third-order valence-corrected chi connectivity index (χ3v) is 28.8. The maximum absolute atomic E-state index is 15.9. The number of carbonyl (C=O) groups excluding carboxylic acids is 6. The number of hydrogen-bond acceptors (Lipinski definition) is 16. The number of amides is 4. The third kappa shape index (κ3) is 20.1. The highest BCUT2D eigenvalue weighted by atomic mass is 19.4. The Hall–Kier alpha value is -12.0. The van der Waals surface area contributed by atoms with Gasteiger partial charge in [0.15, 0.2) is 23.0 Å². The molecule has 0 aliphatic carbocycles. The molecule has 0 radical (unpaired) electrons. The number of hydrogen-bond donors (Lipinski definition) is 0. The van der Waals surface area contributed by atoms with Gasteiger partial charge in [0.1, 0.15) is 34.8 Å². The number of likely N-dealkylation sites (tertiary alicyclic amines) is 4. The Balaban J connectivity index is 0.000000158. The van der Waals surface area contributed by atoms with Crippen LogP contribution in [0.2, 0.25) is 0 Å². The number of ketones is 2. The molecule has 17 rings (SSSR count). The number of benzene rings is 4. The molecule has 0 bridgehead atoms. The molecule has 4 aromatic carbocycles. The number of carbonyl (C=O) groups is 6. The molecule has 9 aromatic rings. The first-order chi connectivity index (χ1) is 65.9. The molecule has 4 amide bonds. The van der Waals surface area contributed by atoms with E-state index in [1.807, 2.05) is 60.7 Å². The second-order valence-electron chi connectivity index (χ2n) is 36.8. The topological polar surface area (TPSA) is 207 Å². The van der Waals surface area contributed by atoms with E-state index in [0.717, 1.165) is 31.7 Å². The van der Waals surface area contributed by atoms with Gasteiger partial charge in [-0.15, -0.1) is 0 Å². The summed E-state index contributed by atoms with van der Waals surface area (Å²) >= 11 is 0. The minimum atomic E-state index is -5.00. The molecule has 4 fully saturated rings. The van der Waals surface area contributed by atoms with Crippen LogP contribution in [0.3, 0.4) is 0 Å². The Morgan fingerprint density at radius 3 is 1.31 bits per heavy atom. The van der Waals surface area contributed by atoms with E-state index in [-0.39, 0.29) is 118 Å². The van der Waals surface area contributed by atoms with Gasteiger partial charge in [-0.25, -0.2) is 8.78 Å². The van der Waals surface area contributed by atoms with E-state index >= 15 is 4.39 Å². The second kappa shape index (κ2) is 40.2. The summed E-state index contributed by atoms with van der Waals surface area (Å²) in [5.74, 6) is -3.83. The molecular formula is C99H112F17N13O11. The zero-order valence-electron chi connectivity index (χ0n) is 79.2. The van der Waals surface area contributed by atoms with Gasteiger partial charge in [-0.3, -0.25) is 53.4 Å². The Labute approximate surface area is 798 Å². The maximum atomic E-state index is 15.9. The van der Waals surface area contributed by atoms with E-state index in [2.05, 4.69) is 14.8 Å². The van der Waals surface area contributed by atoms with Gasteiger partial charge in [0.05, 0.1) is 79.2 Å². The van der Waals surface area contributed by atoms with Crippen molar-refractivity contribution in [3.8, 4) is 39.9 Å². The summed E-state index contributed by atoms with van der Waals surface area (Å²) in [5, 5.41) is 0. The number of pyridine rings is 1. The third-order valence-electron chi connectivity index (χ3n) is 28.8. The monoisotopic (exact) mass is 1980 g/mol. The molecule has 8 aliphatic rings. The Morgan fingerprint density at radius 2 is 0.850 bits per heavy atom. The van der Waals surface area contributed by atoms with Gasteiger partial charge < -0.3 is 61.6 Å². The number of ether oxygens (including phenoxy) is 5. The van der Waals surface area contributed by atoms with Gasteiger partial charge in [-0.2, -0.15) is 65.9 Å². The van der Waals surface area contributed by atoms with Gasteiger partial charge in [0.25, 0.3) is 35.2 Å². The highest BCUT2D eigenvalue weighted by molar-refractivity contribution is 6.00. The number of aromatic nitrogens is 5. The molecule has 4 saturated heterocycles. The second-order valence-corrected chi connectivity index (χ2v) is 36.8. The van der Waals surface area contributed by atoms with E-state index in [1.165, 1.54) is 83.8 Å². The van der Waals surface area contributed by atoms with Crippen molar-refractivity contribution in [1.29, 1.82) is 0 Å². The lowest BCUT2D eigenvalue weighted by Crippen LogP contribution is -2.63. The minimum Gasteiger partial charge on any atom is -0.496 e. The number of rotatable bonds is 15. The fourth-order valence-corrected chi connectivity index (χ4v) is 20.9. The van der Waals surface area contributed by atoms with Crippen LogP contribution >= 0.6 is 0 Å². The van der Waals surface area contributed by atoms with Crippen LogP contribution in [-0.4, -0.2) is 256 Å². The van der Waals surface area contributed by atoms with Gasteiger partial charge in [0, 0.05) is 156 Å². The number of alkyl halides is 16. The highest BCUT2D eigenvalue weighted by Crippen LogP contribution is 2.51. The van der Waals surface area contributed by atoms with Crippen LogP contribution in [0.15, 0.2) is 146 Å². The van der Waals surface area contributed by atoms with Crippen molar-refractivity contribution in [3.05, 3.63) is 225 Å². The average Bonchev–Trinajstić information content (AvgIpc) is 1.02. The van der Waals surface area contributed by atoms with Crippen LogP contribution in [0.25, 0.3) is 11.1 Å². The van der Waals surface area contributed by atoms with Crippen LogP contribution in [0, 0.1) is 5.82 Å². The molecule has 4 spiro atoms. The largest absolute Gasteiger partial charge is 0.496 e. The van der Waals surface area contributed by atoms with Crippen molar-refractivity contribution in [3.63, 3.8) is 0 Å². The van der Waals surface area contributed by atoms with Crippen LogP contribution in [0.4, 0.5) is 74.6 Å². The fraction of sp³-hybridized carbons (Fsp3) is 0.485.